The molecular formula is C5H13Na3O. The number of hydrogen-bond donors (Lipinski definition) is 0. The number of ether oxygens (including phenoxy) is 1. The quantitative estimate of drug-likeness (QED) is 0.318. The monoisotopic (exact) mass is 158 g/mol. The van der Waals surface area contributed by atoms with Crippen molar-refractivity contribution >= 4 is 0 Å². The minimum atomic E-state index is 0. The Bertz CT molecular complexity index is 37.4. The van der Waals surface area contributed by atoms with Crippen LogP contribution in [-0.4, -0.2) is 13.2 Å². The Morgan fingerprint density at radius 3 is 1.33 bits per heavy atom. The van der Waals surface area contributed by atoms with Crippen molar-refractivity contribution in [2.75, 3.05) is 13.2 Å². The van der Waals surface area contributed by atoms with Crippen LogP contribution in [0.25, 0.3) is 0 Å². The van der Waals surface area contributed by atoms with Crippen molar-refractivity contribution in [3.8, 4) is 0 Å². The standard InChI is InChI=1S/C5H10O.3Na.3H/c1-2-4-6-5-3-1;;;;;;/h1-5H2;;;;;;/q;3*+1;3*-1. The molecule has 1 saturated heterocycles. The fourth-order valence-electron chi connectivity index (χ4n) is 0.687. The van der Waals surface area contributed by atoms with Gasteiger partial charge in [-0.1, -0.05) is 0 Å². The third-order valence-corrected chi connectivity index (χ3v) is 1.08. The summed E-state index contributed by atoms with van der Waals surface area (Å²) >= 11 is 0. The molecule has 0 spiro atoms. The maximum atomic E-state index is 5.07. The topological polar surface area (TPSA) is 9.23 Å². The number of rotatable bonds is 0. The van der Waals surface area contributed by atoms with E-state index in [1.54, 1.807) is 0 Å². The average molecular weight is 158 g/mol. The fourth-order valence-corrected chi connectivity index (χ4v) is 0.687. The van der Waals surface area contributed by atoms with Gasteiger partial charge in [0.25, 0.3) is 0 Å². The molecule has 0 saturated carbocycles. The van der Waals surface area contributed by atoms with Crippen LogP contribution >= 0.6 is 0 Å². The average Bonchev–Trinajstić information content (AvgIpc) is 1.72. The van der Waals surface area contributed by atoms with E-state index in [2.05, 4.69) is 0 Å². The molecule has 0 unspecified atom stereocenters. The predicted octanol–water partition coefficient (Wildman–Crippen LogP) is -7.46. The summed E-state index contributed by atoms with van der Waals surface area (Å²) in [7, 11) is 0. The SMILES string of the molecule is C1CCOCC1.[H-].[H-].[H-].[Na+].[Na+].[Na+]. The molecule has 0 radical (unpaired) electrons. The summed E-state index contributed by atoms with van der Waals surface area (Å²) in [5, 5.41) is 0. The summed E-state index contributed by atoms with van der Waals surface area (Å²) < 4.78 is 5.07. The van der Waals surface area contributed by atoms with E-state index in [0.29, 0.717) is 0 Å². The molecule has 0 atom stereocenters. The van der Waals surface area contributed by atoms with Crippen LogP contribution in [0.2, 0.25) is 0 Å². The Hall–Kier alpha value is 2.96. The van der Waals surface area contributed by atoms with Crippen LogP contribution < -0.4 is 88.7 Å². The van der Waals surface area contributed by atoms with Gasteiger partial charge in [-0.05, 0) is 19.3 Å². The molecule has 1 aliphatic rings. The molecule has 1 rings (SSSR count). The van der Waals surface area contributed by atoms with Gasteiger partial charge in [-0.15, -0.1) is 0 Å². The van der Waals surface area contributed by atoms with Gasteiger partial charge in [0, 0.05) is 13.2 Å². The largest absolute Gasteiger partial charge is 1.00 e. The van der Waals surface area contributed by atoms with Gasteiger partial charge in [0.05, 0.1) is 0 Å². The van der Waals surface area contributed by atoms with E-state index >= 15 is 0 Å². The molecule has 0 aromatic rings. The van der Waals surface area contributed by atoms with Crippen LogP contribution in [0, 0.1) is 0 Å². The van der Waals surface area contributed by atoms with Crippen molar-refractivity contribution < 1.29 is 97.7 Å². The van der Waals surface area contributed by atoms with Crippen LogP contribution in [0.3, 0.4) is 0 Å². The molecule has 1 heterocycles. The van der Waals surface area contributed by atoms with E-state index in [-0.39, 0.29) is 93.0 Å². The van der Waals surface area contributed by atoms with Gasteiger partial charge in [0.2, 0.25) is 0 Å². The van der Waals surface area contributed by atoms with Gasteiger partial charge in [-0.2, -0.15) is 0 Å². The molecule has 0 aliphatic carbocycles. The maximum absolute atomic E-state index is 5.07. The summed E-state index contributed by atoms with van der Waals surface area (Å²) in [6.07, 6.45) is 3.93. The molecular weight excluding hydrogens is 145 g/mol. The first-order valence-electron chi connectivity index (χ1n) is 2.58. The van der Waals surface area contributed by atoms with Gasteiger partial charge in [0.1, 0.15) is 0 Å². The van der Waals surface area contributed by atoms with Crippen molar-refractivity contribution in [3.05, 3.63) is 0 Å². The number of hydrogen-bond acceptors (Lipinski definition) is 1. The first-order valence-corrected chi connectivity index (χ1v) is 2.58. The summed E-state index contributed by atoms with van der Waals surface area (Å²) in [4.78, 5) is 0. The Morgan fingerprint density at radius 1 is 0.778 bits per heavy atom. The summed E-state index contributed by atoms with van der Waals surface area (Å²) in [6.45, 7) is 2.00. The van der Waals surface area contributed by atoms with E-state index in [4.69, 9.17) is 4.74 Å². The normalized spacial score (nSPS) is 16.0. The van der Waals surface area contributed by atoms with Crippen LogP contribution in [0.15, 0.2) is 0 Å². The second-order valence-corrected chi connectivity index (χ2v) is 1.67. The van der Waals surface area contributed by atoms with Crippen molar-refractivity contribution in [2.45, 2.75) is 19.3 Å². The molecule has 42 valence electrons. The summed E-state index contributed by atoms with van der Waals surface area (Å²) in [5.41, 5.74) is 0. The zero-order chi connectivity index (χ0) is 4.24. The summed E-state index contributed by atoms with van der Waals surface area (Å²) in [5.74, 6) is 0. The molecule has 9 heavy (non-hydrogen) atoms. The molecule has 0 bridgehead atoms. The summed E-state index contributed by atoms with van der Waals surface area (Å²) in [6, 6.07) is 0. The van der Waals surface area contributed by atoms with Crippen LogP contribution in [0.4, 0.5) is 0 Å². The molecule has 0 amide bonds. The second-order valence-electron chi connectivity index (χ2n) is 1.67. The van der Waals surface area contributed by atoms with Crippen LogP contribution in [0.1, 0.15) is 23.5 Å². The molecule has 0 aromatic carbocycles. The Kier molecular flexibility index (Phi) is 26.9. The zero-order valence-electron chi connectivity index (χ0n) is 9.94. The van der Waals surface area contributed by atoms with E-state index < -0.39 is 0 Å². The Morgan fingerprint density at radius 2 is 1.22 bits per heavy atom. The second kappa shape index (κ2) is 13.5. The fraction of sp³-hybridized carbons (Fsp3) is 1.00. The predicted molar refractivity (Wildman–Crippen MR) is 28.0 cm³/mol. The van der Waals surface area contributed by atoms with Gasteiger partial charge < -0.3 is 9.02 Å². The van der Waals surface area contributed by atoms with Crippen molar-refractivity contribution in [3.63, 3.8) is 0 Å². The smallest absolute Gasteiger partial charge is 1.00 e. The maximum Gasteiger partial charge on any atom is 1.00 e. The molecule has 1 fully saturated rings. The molecule has 4 heteroatoms. The third kappa shape index (κ3) is 11.0. The molecule has 1 nitrogen and oxygen atoms in total. The minimum Gasteiger partial charge on any atom is -1.00 e. The van der Waals surface area contributed by atoms with Crippen molar-refractivity contribution in [1.82, 2.24) is 0 Å². The Balaban J connectivity index is -0.0000000150. The van der Waals surface area contributed by atoms with E-state index in [1.807, 2.05) is 0 Å². The molecule has 1 aliphatic heterocycles. The van der Waals surface area contributed by atoms with Gasteiger partial charge >= 0.3 is 88.7 Å². The van der Waals surface area contributed by atoms with E-state index in [9.17, 15) is 0 Å². The van der Waals surface area contributed by atoms with Crippen molar-refractivity contribution in [2.24, 2.45) is 0 Å². The van der Waals surface area contributed by atoms with Gasteiger partial charge in [-0.3, -0.25) is 0 Å². The molecule has 0 aromatic heterocycles. The Labute approximate surface area is 128 Å². The first-order chi connectivity index (χ1) is 3.00. The van der Waals surface area contributed by atoms with Gasteiger partial charge in [0.15, 0.2) is 0 Å². The minimum absolute atomic E-state index is 0. The van der Waals surface area contributed by atoms with E-state index in [0.717, 1.165) is 13.2 Å². The first kappa shape index (κ1) is 17.9. The zero-order valence-corrected chi connectivity index (χ0v) is 12.9. The van der Waals surface area contributed by atoms with Crippen LogP contribution in [0.5, 0.6) is 0 Å². The van der Waals surface area contributed by atoms with Crippen molar-refractivity contribution in [1.29, 1.82) is 0 Å². The van der Waals surface area contributed by atoms with E-state index in [1.165, 1.54) is 19.3 Å². The van der Waals surface area contributed by atoms with Crippen LogP contribution in [-0.2, 0) is 4.74 Å². The molecule has 0 N–H and O–H groups in total. The van der Waals surface area contributed by atoms with Gasteiger partial charge in [-0.25, -0.2) is 0 Å². The third-order valence-electron chi connectivity index (χ3n) is 1.08.